The monoisotopic (exact) mass is 371 g/mol. The highest BCUT2D eigenvalue weighted by Crippen LogP contribution is 2.34. The zero-order valence-electron chi connectivity index (χ0n) is 13.8. The van der Waals surface area contributed by atoms with E-state index in [0.717, 1.165) is 54.0 Å². The summed E-state index contributed by atoms with van der Waals surface area (Å²) in [5, 5.41) is 4.40. The average molecular weight is 371 g/mol. The molecular weight excluding hydrogens is 351 g/mol. The maximum Gasteiger partial charge on any atom is 0.434 e. The third-order valence-corrected chi connectivity index (χ3v) is 5.12. The highest BCUT2D eigenvalue weighted by Gasteiger charge is 2.34. The third kappa shape index (κ3) is 4.24. The van der Waals surface area contributed by atoms with E-state index in [4.69, 9.17) is 4.74 Å². The van der Waals surface area contributed by atoms with Crippen LogP contribution in [0.25, 0.3) is 0 Å². The molecule has 25 heavy (non-hydrogen) atoms. The molecule has 1 unspecified atom stereocenters. The zero-order chi connectivity index (χ0) is 17.9. The number of halogens is 3. The lowest BCUT2D eigenvalue weighted by molar-refractivity contribution is -0.140. The molecule has 2 heterocycles. The van der Waals surface area contributed by atoms with Crippen LogP contribution in [0.5, 0.6) is 5.75 Å². The second-order valence-electron chi connectivity index (χ2n) is 5.92. The van der Waals surface area contributed by atoms with Crippen LogP contribution in [0.3, 0.4) is 0 Å². The molecule has 8 heteroatoms. The molecule has 0 saturated carbocycles. The summed E-state index contributed by atoms with van der Waals surface area (Å²) in [4.78, 5) is 5.99. The fraction of sp³-hybridized carbons (Fsp3) is 0.471. The minimum atomic E-state index is -4.41. The molecular formula is C17H20F3N3OS. The number of anilines is 1. The van der Waals surface area contributed by atoms with Crippen molar-refractivity contribution in [1.82, 2.24) is 9.88 Å². The van der Waals surface area contributed by atoms with Gasteiger partial charge in [-0.1, -0.05) is 18.2 Å². The summed E-state index contributed by atoms with van der Waals surface area (Å²) in [7, 11) is 1.63. The fourth-order valence-electron chi connectivity index (χ4n) is 3.10. The Morgan fingerprint density at radius 3 is 2.64 bits per heavy atom. The first-order valence-corrected chi connectivity index (χ1v) is 9.00. The first-order valence-electron chi connectivity index (χ1n) is 8.12. The largest absolute Gasteiger partial charge is 0.496 e. The topological polar surface area (TPSA) is 37.4 Å². The van der Waals surface area contributed by atoms with Gasteiger partial charge in [0.25, 0.3) is 0 Å². The Hall–Kier alpha value is -1.80. The van der Waals surface area contributed by atoms with Gasteiger partial charge in [0, 0.05) is 17.5 Å². The minimum absolute atomic E-state index is 0.0249. The predicted octanol–water partition coefficient (Wildman–Crippen LogP) is 4.42. The van der Waals surface area contributed by atoms with Gasteiger partial charge in [0.15, 0.2) is 10.8 Å². The molecule has 0 radical (unpaired) electrons. The molecule has 1 aliphatic heterocycles. The van der Waals surface area contributed by atoms with E-state index in [0.29, 0.717) is 6.54 Å². The van der Waals surface area contributed by atoms with Crippen molar-refractivity contribution in [3.05, 3.63) is 40.9 Å². The van der Waals surface area contributed by atoms with Crippen LogP contribution in [0.15, 0.2) is 29.6 Å². The number of methoxy groups -OCH3 is 1. The smallest absolute Gasteiger partial charge is 0.434 e. The van der Waals surface area contributed by atoms with Gasteiger partial charge in [0.1, 0.15) is 5.75 Å². The third-order valence-electron chi connectivity index (χ3n) is 4.32. The summed E-state index contributed by atoms with van der Waals surface area (Å²) in [5.74, 6) is 0.788. The molecule has 1 aliphatic rings. The predicted molar refractivity (Wildman–Crippen MR) is 92.1 cm³/mol. The van der Waals surface area contributed by atoms with E-state index < -0.39 is 11.9 Å². The summed E-state index contributed by atoms with van der Waals surface area (Å²) < 4.78 is 43.6. The van der Waals surface area contributed by atoms with E-state index in [9.17, 15) is 13.2 Å². The summed E-state index contributed by atoms with van der Waals surface area (Å²) in [5.41, 5.74) is 0.182. The Bertz CT molecular complexity index is 698. The van der Waals surface area contributed by atoms with Gasteiger partial charge < -0.3 is 10.1 Å². The van der Waals surface area contributed by atoms with Crippen LogP contribution in [0.4, 0.5) is 18.3 Å². The Balaban J connectivity index is 1.77. The molecule has 3 rings (SSSR count). The number of alkyl halides is 3. The van der Waals surface area contributed by atoms with Crippen LogP contribution >= 0.6 is 11.3 Å². The summed E-state index contributed by atoms with van der Waals surface area (Å²) in [6.45, 7) is 2.41. The molecule has 1 fully saturated rings. The zero-order valence-corrected chi connectivity index (χ0v) is 14.7. The lowest BCUT2D eigenvalue weighted by Crippen LogP contribution is -2.31. The minimum Gasteiger partial charge on any atom is -0.496 e. The van der Waals surface area contributed by atoms with E-state index in [1.807, 2.05) is 24.3 Å². The fourth-order valence-corrected chi connectivity index (χ4v) is 3.83. The van der Waals surface area contributed by atoms with Gasteiger partial charge in [-0.15, -0.1) is 11.3 Å². The van der Waals surface area contributed by atoms with Crippen molar-refractivity contribution in [1.29, 1.82) is 0 Å². The number of para-hydroxylation sites is 1. The molecule has 0 bridgehead atoms. The van der Waals surface area contributed by atoms with Crippen molar-refractivity contribution in [2.24, 2.45) is 0 Å². The number of rotatable bonds is 6. The van der Waals surface area contributed by atoms with Gasteiger partial charge in [-0.2, -0.15) is 13.2 Å². The van der Waals surface area contributed by atoms with E-state index in [1.165, 1.54) is 0 Å². The standard InChI is InChI=1S/C17H20F3N3OS/c1-24-14-7-3-2-6-12(14)13(23-8-4-5-9-23)10-21-16-22-15(11-25-16)17(18,19)20/h2-3,6-7,11,13H,4-5,8-10H2,1H3,(H,21,22). The van der Waals surface area contributed by atoms with Crippen LogP contribution in [0, 0.1) is 0 Å². The van der Waals surface area contributed by atoms with Gasteiger partial charge in [-0.3, -0.25) is 4.90 Å². The van der Waals surface area contributed by atoms with Crippen LogP contribution in [0.1, 0.15) is 30.1 Å². The van der Waals surface area contributed by atoms with E-state index >= 15 is 0 Å². The maximum absolute atomic E-state index is 12.7. The van der Waals surface area contributed by atoms with Gasteiger partial charge in [-0.05, 0) is 32.0 Å². The number of nitrogens with zero attached hydrogens (tertiary/aromatic N) is 2. The maximum atomic E-state index is 12.7. The van der Waals surface area contributed by atoms with Crippen LogP contribution < -0.4 is 10.1 Å². The van der Waals surface area contributed by atoms with Gasteiger partial charge in [0.2, 0.25) is 0 Å². The SMILES string of the molecule is COc1ccccc1C(CNc1nc(C(F)(F)F)cs1)N1CCCC1. The number of hydrogen-bond acceptors (Lipinski definition) is 5. The van der Waals surface area contributed by atoms with E-state index in [1.54, 1.807) is 7.11 Å². The number of benzene rings is 1. The quantitative estimate of drug-likeness (QED) is 0.816. The van der Waals surface area contributed by atoms with Gasteiger partial charge >= 0.3 is 6.18 Å². The van der Waals surface area contributed by atoms with Crippen LogP contribution in [0.2, 0.25) is 0 Å². The van der Waals surface area contributed by atoms with Crippen molar-refractivity contribution < 1.29 is 17.9 Å². The van der Waals surface area contributed by atoms with Crippen LogP contribution in [-0.4, -0.2) is 36.6 Å². The Kier molecular flexibility index (Phi) is 5.48. The van der Waals surface area contributed by atoms with Crippen molar-refractivity contribution in [2.75, 3.05) is 32.1 Å². The Morgan fingerprint density at radius 2 is 2.00 bits per heavy atom. The molecule has 1 aromatic heterocycles. The molecule has 0 amide bonds. The highest BCUT2D eigenvalue weighted by atomic mass is 32.1. The van der Waals surface area contributed by atoms with Crippen molar-refractivity contribution >= 4 is 16.5 Å². The molecule has 1 atom stereocenters. The molecule has 4 nitrogen and oxygen atoms in total. The second-order valence-corrected chi connectivity index (χ2v) is 6.78. The molecule has 0 spiro atoms. The lowest BCUT2D eigenvalue weighted by Gasteiger charge is -2.29. The number of likely N-dealkylation sites (tertiary alicyclic amines) is 1. The van der Waals surface area contributed by atoms with E-state index in [2.05, 4.69) is 15.2 Å². The van der Waals surface area contributed by atoms with Gasteiger partial charge in [0.05, 0.1) is 13.2 Å². The molecule has 2 aromatic rings. The first-order chi connectivity index (χ1) is 12.0. The van der Waals surface area contributed by atoms with Crippen LogP contribution in [-0.2, 0) is 6.18 Å². The average Bonchev–Trinajstić information content (AvgIpc) is 3.27. The van der Waals surface area contributed by atoms with Crippen molar-refractivity contribution in [2.45, 2.75) is 25.1 Å². The normalized spacial score (nSPS) is 16.8. The van der Waals surface area contributed by atoms with Crippen molar-refractivity contribution in [3.63, 3.8) is 0 Å². The highest BCUT2D eigenvalue weighted by molar-refractivity contribution is 7.13. The number of nitrogens with one attached hydrogen (secondary N) is 1. The number of hydrogen-bond donors (Lipinski definition) is 1. The molecule has 1 N–H and O–H groups in total. The number of ether oxygens (including phenoxy) is 1. The summed E-state index contributed by atoms with van der Waals surface area (Å²) >= 11 is 0.974. The lowest BCUT2D eigenvalue weighted by atomic mass is 10.0. The second kappa shape index (κ2) is 7.61. The Morgan fingerprint density at radius 1 is 1.28 bits per heavy atom. The first kappa shape index (κ1) is 18.0. The number of aromatic nitrogens is 1. The molecule has 1 saturated heterocycles. The van der Waals surface area contributed by atoms with Crippen molar-refractivity contribution in [3.8, 4) is 5.75 Å². The van der Waals surface area contributed by atoms with Gasteiger partial charge in [-0.25, -0.2) is 4.98 Å². The summed E-state index contributed by atoms with van der Waals surface area (Å²) in [6, 6.07) is 7.80. The molecule has 136 valence electrons. The Labute approximate surface area is 148 Å². The molecule has 0 aliphatic carbocycles. The summed E-state index contributed by atoms with van der Waals surface area (Å²) in [6.07, 6.45) is -2.16. The van der Waals surface area contributed by atoms with E-state index in [-0.39, 0.29) is 11.2 Å². The molecule has 1 aromatic carbocycles. The number of thiazole rings is 1.